The lowest BCUT2D eigenvalue weighted by Gasteiger charge is -2.21. The van der Waals surface area contributed by atoms with Crippen LogP contribution in [0.3, 0.4) is 0 Å². The molecular formula is C18H16ClN5O3S3. The smallest absolute Gasteiger partial charge is 0.244 e. The van der Waals surface area contributed by atoms with E-state index in [9.17, 15) is 13.2 Å². The first-order valence-electron chi connectivity index (χ1n) is 8.85. The van der Waals surface area contributed by atoms with Crippen molar-refractivity contribution in [3.63, 3.8) is 0 Å². The van der Waals surface area contributed by atoms with E-state index in [4.69, 9.17) is 11.6 Å². The van der Waals surface area contributed by atoms with Crippen LogP contribution in [0.15, 0.2) is 41.3 Å². The van der Waals surface area contributed by atoms with E-state index in [2.05, 4.69) is 23.8 Å². The number of amides is 1. The van der Waals surface area contributed by atoms with Gasteiger partial charge in [-0.1, -0.05) is 42.9 Å². The molecule has 4 rings (SSSR count). The van der Waals surface area contributed by atoms with E-state index in [-0.39, 0.29) is 16.3 Å². The molecule has 30 heavy (non-hydrogen) atoms. The number of nitrogens with zero attached hydrogens (tertiary/aromatic N) is 3. The van der Waals surface area contributed by atoms with E-state index >= 15 is 0 Å². The molecule has 2 aromatic heterocycles. The van der Waals surface area contributed by atoms with E-state index in [1.54, 1.807) is 44.2 Å². The van der Waals surface area contributed by atoms with E-state index in [0.717, 1.165) is 16.4 Å². The molecule has 0 fully saturated rings. The van der Waals surface area contributed by atoms with Gasteiger partial charge in [-0.05, 0) is 36.2 Å². The summed E-state index contributed by atoms with van der Waals surface area (Å²) in [5.41, 5.74) is 1.46. The molecule has 0 saturated heterocycles. The highest BCUT2D eigenvalue weighted by Gasteiger charge is 2.30. The Hall–Kier alpha value is -2.18. The second-order valence-corrected chi connectivity index (χ2v) is 10.5. The summed E-state index contributed by atoms with van der Waals surface area (Å²) in [6.07, 6.45) is 0. The van der Waals surface area contributed by atoms with Crippen LogP contribution in [0, 0.1) is 5.92 Å². The maximum Gasteiger partial charge on any atom is 0.244 e. The van der Waals surface area contributed by atoms with Crippen molar-refractivity contribution in [2.75, 3.05) is 5.32 Å². The molecule has 0 bridgehead atoms. The molecule has 0 radical (unpaired) electrons. The van der Waals surface area contributed by atoms with Gasteiger partial charge < -0.3 is 5.32 Å². The van der Waals surface area contributed by atoms with Crippen molar-refractivity contribution >= 4 is 77.0 Å². The topological polar surface area (TPSA) is 114 Å². The van der Waals surface area contributed by atoms with Crippen molar-refractivity contribution in [2.24, 2.45) is 5.92 Å². The van der Waals surface area contributed by atoms with Crippen LogP contribution in [0.5, 0.6) is 0 Å². The predicted molar refractivity (Wildman–Crippen MR) is 120 cm³/mol. The highest BCUT2D eigenvalue weighted by atomic mass is 35.5. The maximum absolute atomic E-state index is 13.0. The number of benzene rings is 2. The monoisotopic (exact) mass is 481 g/mol. The van der Waals surface area contributed by atoms with Gasteiger partial charge in [-0.25, -0.2) is 13.4 Å². The number of rotatable bonds is 6. The Kier molecular flexibility index (Phi) is 5.73. The number of carbonyl (C=O) groups excluding carboxylic acids is 1. The third kappa shape index (κ3) is 4.16. The van der Waals surface area contributed by atoms with Crippen LogP contribution in [0.25, 0.3) is 21.3 Å². The minimum atomic E-state index is -4.01. The number of carbonyl (C=O) groups is 1. The van der Waals surface area contributed by atoms with Gasteiger partial charge in [0.1, 0.15) is 22.0 Å². The number of thiazole rings is 1. The fourth-order valence-electron chi connectivity index (χ4n) is 2.86. The van der Waals surface area contributed by atoms with Crippen LogP contribution in [0.2, 0.25) is 5.02 Å². The molecule has 0 spiro atoms. The molecule has 2 heterocycles. The van der Waals surface area contributed by atoms with Crippen molar-refractivity contribution in [1.29, 1.82) is 0 Å². The number of nitrogens with one attached hydrogen (secondary N) is 2. The van der Waals surface area contributed by atoms with E-state index in [1.807, 2.05) is 0 Å². The van der Waals surface area contributed by atoms with Crippen molar-refractivity contribution in [3.8, 4) is 0 Å². The Balaban J connectivity index is 1.59. The van der Waals surface area contributed by atoms with Crippen LogP contribution >= 0.6 is 34.7 Å². The first-order chi connectivity index (χ1) is 14.2. The molecule has 8 nitrogen and oxygen atoms in total. The highest BCUT2D eigenvalue weighted by molar-refractivity contribution is 7.89. The largest absolute Gasteiger partial charge is 0.301 e. The molecule has 2 N–H and O–H groups in total. The maximum atomic E-state index is 13.0. The Morgan fingerprint density at radius 1 is 1.13 bits per heavy atom. The molecule has 1 amide bonds. The minimum absolute atomic E-state index is 0.0122. The summed E-state index contributed by atoms with van der Waals surface area (Å²) in [5, 5.41) is 3.65. The Morgan fingerprint density at radius 2 is 1.93 bits per heavy atom. The number of aromatic nitrogens is 3. The zero-order chi connectivity index (χ0) is 21.5. The molecule has 2 aromatic carbocycles. The van der Waals surface area contributed by atoms with Crippen molar-refractivity contribution < 1.29 is 13.2 Å². The van der Waals surface area contributed by atoms with Gasteiger partial charge in [0.05, 0.1) is 21.9 Å². The summed E-state index contributed by atoms with van der Waals surface area (Å²) in [6.45, 7) is 3.52. The molecular weight excluding hydrogens is 466 g/mol. The zero-order valence-corrected chi connectivity index (χ0v) is 19.0. The van der Waals surface area contributed by atoms with Crippen molar-refractivity contribution in [1.82, 2.24) is 18.5 Å². The molecule has 12 heteroatoms. The molecule has 0 aliphatic heterocycles. The summed E-state index contributed by atoms with van der Waals surface area (Å²) < 4.78 is 37.5. The quantitative estimate of drug-likeness (QED) is 0.431. The van der Waals surface area contributed by atoms with Gasteiger partial charge >= 0.3 is 0 Å². The van der Waals surface area contributed by atoms with Gasteiger partial charge in [0.2, 0.25) is 15.9 Å². The summed E-state index contributed by atoms with van der Waals surface area (Å²) in [4.78, 5) is 17.2. The standard InChI is InChI=1S/C18H16ClN5O3S3/c1-9(2)15(17(25)21-18-20-11-7-6-10(19)8-13(11)28-18)24-30(26,27)14-5-3-4-12-16(14)23-29-22-12/h3-9,15,24H,1-2H3,(H,20,21,25)/t15-/m1/s1. The fourth-order valence-corrected chi connectivity index (χ4v) is 6.11. The number of fused-ring (bicyclic) bond motifs is 2. The summed E-state index contributed by atoms with van der Waals surface area (Å²) >= 11 is 8.19. The lowest BCUT2D eigenvalue weighted by atomic mass is 10.1. The second kappa shape index (κ2) is 8.16. The van der Waals surface area contributed by atoms with Gasteiger partial charge in [-0.3, -0.25) is 4.79 Å². The lowest BCUT2D eigenvalue weighted by Crippen LogP contribution is -2.47. The molecule has 156 valence electrons. The SMILES string of the molecule is CC(C)[C@@H](NS(=O)(=O)c1cccc2nsnc12)C(=O)Nc1nc2ccc(Cl)cc2s1. The van der Waals surface area contributed by atoms with Gasteiger partial charge in [0.25, 0.3) is 0 Å². The van der Waals surface area contributed by atoms with Gasteiger partial charge in [0, 0.05) is 5.02 Å². The number of halogens is 1. The average molecular weight is 482 g/mol. The number of hydrogen-bond acceptors (Lipinski definition) is 8. The van der Waals surface area contributed by atoms with Gasteiger partial charge in [0.15, 0.2) is 5.13 Å². The van der Waals surface area contributed by atoms with Gasteiger partial charge in [-0.15, -0.1) is 0 Å². The predicted octanol–water partition coefficient (Wildman–Crippen LogP) is 3.90. The highest BCUT2D eigenvalue weighted by Crippen LogP contribution is 2.29. The molecule has 1 atom stereocenters. The first-order valence-corrected chi connectivity index (χ1v) is 12.3. The lowest BCUT2D eigenvalue weighted by molar-refractivity contribution is -0.118. The first kappa shape index (κ1) is 21.1. The van der Waals surface area contributed by atoms with Gasteiger partial charge in [-0.2, -0.15) is 13.5 Å². The third-order valence-corrected chi connectivity index (χ3v) is 7.53. The fraction of sp³-hybridized carbons (Fsp3) is 0.222. The van der Waals surface area contributed by atoms with E-state index in [0.29, 0.717) is 21.2 Å². The van der Waals surface area contributed by atoms with E-state index < -0.39 is 22.0 Å². The average Bonchev–Trinajstić information content (AvgIpc) is 3.31. The minimum Gasteiger partial charge on any atom is -0.301 e. The van der Waals surface area contributed by atoms with Crippen LogP contribution in [-0.2, 0) is 14.8 Å². The number of anilines is 1. The van der Waals surface area contributed by atoms with Crippen molar-refractivity contribution in [2.45, 2.75) is 24.8 Å². The molecule has 0 aliphatic rings. The second-order valence-electron chi connectivity index (χ2n) is 6.85. The van der Waals surface area contributed by atoms with Crippen LogP contribution in [-0.4, -0.2) is 34.1 Å². The third-order valence-electron chi connectivity index (χ3n) is 4.35. The molecule has 4 aromatic rings. The summed E-state index contributed by atoms with van der Waals surface area (Å²) in [6, 6.07) is 8.95. The number of hydrogen-bond donors (Lipinski definition) is 2. The molecule has 0 unspecified atom stereocenters. The Labute approximate surface area is 185 Å². The Bertz CT molecular complexity index is 1350. The molecule has 0 saturated carbocycles. The van der Waals surface area contributed by atoms with Crippen LogP contribution in [0.4, 0.5) is 5.13 Å². The van der Waals surface area contributed by atoms with Crippen LogP contribution in [0.1, 0.15) is 13.8 Å². The number of sulfonamides is 1. The molecule has 0 aliphatic carbocycles. The Morgan fingerprint density at radius 3 is 2.70 bits per heavy atom. The zero-order valence-electron chi connectivity index (χ0n) is 15.8. The van der Waals surface area contributed by atoms with Crippen molar-refractivity contribution in [3.05, 3.63) is 41.4 Å². The van der Waals surface area contributed by atoms with E-state index in [1.165, 1.54) is 17.4 Å². The van der Waals surface area contributed by atoms with Crippen LogP contribution < -0.4 is 10.0 Å². The summed E-state index contributed by atoms with van der Waals surface area (Å²) in [5.74, 6) is -0.807. The normalized spacial score (nSPS) is 13.2. The summed E-state index contributed by atoms with van der Waals surface area (Å²) in [7, 11) is -4.01.